The maximum absolute atomic E-state index is 6.21. The summed E-state index contributed by atoms with van der Waals surface area (Å²) in [7, 11) is 0. The first-order valence-corrected chi connectivity index (χ1v) is 9.70. The lowest BCUT2D eigenvalue weighted by atomic mass is 9.65. The number of likely N-dealkylation sites (tertiary alicyclic amines) is 1. The van der Waals surface area contributed by atoms with E-state index in [1.54, 1.807) is 0 Å². The first kappa shape index (κ1) is 16.2. The van der Waals surface area contributed by atoms with Gasteiger partial charge in [0.15, 0.2) is 0 Å². The van der Waals surface area contributed by atoms with E-state index in [2.05, 4.69) is 30.1 Å². The molecule has 5 unspecified atom stereocenters. The highest BCUT2D eigenvalue weighted by molar-refractivity contribution is 6.42. The van der Waals surface area contributed by atoms with E-state index in [1.165, 1.54) is 31.5 Å². The molecule has 4 aliphatic rings. The molecule has 2 nitrogen and oxygen atoms in total. The Balaban J connectivity index is 1.56. The van der Waals surface area contributed by atoms with Crippen molar-refractivity contribution in [2.24, 2.45) is 23.7 Å². The van der Waals surface area contributed by atoms with Crippen LogP contribution in [0, 0.1) is 23.7 Å². The van der Waals surface area contributed by atoms with E-state index in [-0.39, 0.29) is 0 Å². The van der Waals surface area contributed by atoms with Gasteiger partial charge in [-0.05, 0) is 54.2 Å². The van der Waals surface area contributed by atoms with Crippen LogP contribution in [0.15, 0.2) is 18.2 Å². The minimum absolute atomic E-state index is 0.650. The zero-order chi connectivity index (χ0) is 16.1. The van der Waals surface area contributed by atoms with Crippen LogP contribution in [0.3, 0.4) is 0 Å². The van der Waals surface area contributed by atoms with Gasteiger partial charge < -0.3 is 5.32 Å². The van der Waals surface area contributed by atoms with Crippen LogP contribution in [0.4, 0.5) is 0 Å². The summed E-state index contributed by atoms with van der Waals surface area (Å²) in [4.78, 5) is 2.74. The molecule has 4 fully saturated rings. The number of hydrogen-bond donors (Lipinski definition) is 1. The fraction of sp³-hybridized carbons (Fsp3) is 0.684. The number of hydrogen-bond acceptors (Lipinski definition) is 2. The molecular weight excluding hydrogens is 327 g/mol. The maximum atomic E-state index is 6.21. The second-order valence-electron chi connectivity index (χ2n) is 8.14. The van der Waals surface area contributed by atoms with Crippen LogP contribution in [-0.4, -0.2) is 30.1 Å². The van der Waals surface area contributed by atoms with Gasteiger partial charge in [0.05, 0.1) is 10.0 Å². The lowest BCUT2D eigenvalue weighted by molar-refractivity contribution is 0.0399. The molecule has 3 heterocycles. The Morgan fingerprint density at radius 3 is 2.83 bits per heavy atom. The number of piperidine rings is 2. The summed E-state index contributed by atoms with van der Waals surface area (Å²) in [5.41, 5.74) is 1.29. The summed E-state index contributed by atoms with van der Waals surface area (Å²) in [5, 5.41) is 5.13. The van der Waals surface area contributed by atoms with Gasteiger partial charge >= 0.3 is 0 Å². The first-order valence-electron chi connectivity index (χ1n) is 8.94. The third-order valence-corrected chi connectivity index (χ3v) is 6.92. The average Bonchev–Trinajstić information content (AvgIpc) is 2.80. The summed E-state index contributed by atoms with van der Waals surface area (Å²) in [6.07, 6.45) is 2.71. The molecule has 1 N–H and O–H groups in total. The number of halogens is 2. The van der Waals surface area contributed by atoms with Gasteiger partial charge in [0, 0.05) is 31.7 Å². The van der Waals surface area contributed by atoms with Crippen molar-refractivity contribution in [1.82, 2.24) is 10.2 Å². The molecule has 5 atom stereocenters. The van der Waals surface area contributed by atoms with Crippen molar-refractivity contribution < 1.29 is 0 Å². The van der Waals surface area contributed by atoms with Crippen LogP contribution < -0.4 is 5.32 Å². The second kappa shape index (κ2) is 6.22. The van der Waals surface area contributed by atoms with E-state index in [0.717, 1.165) is 42.3 Å². The van der Waals surface area contributed by atoms with Crippen LogP contribution in [-0.2, 0) is 6.54 Å². The Bertz CT molecular complexity index is 589. The molecule has 0 aromatic heterocycles. The lowest BCUT2D eigenvalue weighted by Crippen LogP contribution is -2.60. The van der Waals surface area contributed by atoms with Crippen molar-refractivity contribution in [1.29, 1.82) is 0 Å². The minimum Gasteiger partial charge on any atom is -0.313 e. The topological polar surface area (TPSA) is 15.3 Å². The zero-order valence-electron chi connectivity index (χ0n) is 13.9. The molecule has 5 rings (SSSR count). The van der Waals surface area contributed by atoms with Crippen LogP contribution in [0.5, 0.6) is 0 Å². The van der Waals surface area contributed by atoms with Gasteiger partial charge in [-0.25, -0.2) is 0 Å². The molecule has 0 radical (unpaired) electrons. The Morgan fingerprint density at radius 1 is 1.26 bits per heavy atom. The van der Waals surface area contributed by atoms with E-state index >= 15 is 0 Å². The Morgan fingerprint density at radius 2 is 2.09 bits per heavy atom. The van der Waals surface area contributed by atoms with Crippen molar-refractivity contribution in [3.05, 3.63) is 33.8 Å². The monoisotopic (exact) mass is 352 g/mol. The zero-order valence-corrected chi connectivity index (χ0v) is 15.4. The molecule has 0 spiro atoms. The van der Waals surface area contributed by atoms with Crippen molar-refractivity contribution in [3.8, 4) is 0 Å². The number of rotatable bonds is 4. The quantitative estimate of drug-likeness (QED) is 0.860. The predicted octanol–water partition coefficient (Wildman–Crippen LogP) is 4.45. The molecule has 3 saturated heterocycles. The highest BCUT2D eigenvalue weighted by Gasteiger charge is 2.55. The Labute approximate surface area is 149 Å². The van der Waals surface area contributed by atoms with Gasteiger partial charge in [-0.2, -0.15) is 0 Å². The van der Waals surface area contributed by atoms with Crippen LogP contribution in [0.2, 0.25) is 10.0 Å². The van der Waals surface area contributed by atoms with Crippen LogP contribution >= 0.6 is 23.2 Å². The highest BCUT2D eigenvalue weighted by atomic mass is 35.5. The SMILES string of the molecule is CC(C)CC1C2CC3CN(Cc4ccc(Cl)c(Cl)c4)C1C3CN2. The van der Waals surface area contributed by atoms with Crippen molar-refractivity contribution in [3.63, 3.8) is 0 Å². The molecule has 0 amide bonds. The van der Waals surface area contributed by atoms with E-state index < -0.39 is 0 Å². The highest BCUT2D eigenvalue weighted by Crippen LogP contribution is 2.49. The van der Waals surface area contributed by atoms with E-state index in [4.69, 9.17) is 23.2 Å². The third-order valence-electron chi connectivity index (χ3n) is 6.18. The maximum Gasteiger partial charge on any atom is 0.0595 e. The van der Waals surface area contributed by atoms with Crippen LogP contribution in [0.25, 0.3) is 0 Å². The minimum atomic E-state index is 0.650. The molecule has 4 bridgehead atoms. The largest absolute Gasteiger partial charge is 0.313 e. The lowest BCUT2D eigenvalue weighted by Gasteiger charge is -2.50. The molecule has 1 saturated carbocycles. The van der Waals surface area contributed by atoms with E-state index in [0.29, 0.717) is 10.0 Å². The Kier molecular flexibility index (Phi) is 4.38. The molecule has 3 aliphatic heterocycles. The standard InChI is InChI=1S/C19H26Cl2N2/c1-11(2)5-14-18-7-13-10-23(19(14)15(13)8-22-18)9-12-3-4-16(20)17(21)6-12/h3-4,6,11,13-15,18-19,22H,5,7-10H2,1-2H3. The van der Waals surface area contributed by atoms with E-state index in [9.17, 15) is 0 Å². The molecule has 126 valence electrons. The van der Waals surface area contributed by atoms with Gasteiger partial charge in [0.1, 0.15) is 0 Å². The summed E-state index contributed by atoms with van der Waals surface area (Å²) in [5.74, 6) is 3.30. The summed E-state index contributed by atoms with van der Waals surface area (Å²) >= 11 is 12.3. The fourth-order valence-electron chi connectivity index (χ4n) is 5.38. The molecule has 23 heavy (non-hydrogen) atoms. The van der Waals surface area contributed by atoms with Crippen molar-refractivity contribution in [2.75, 3.05) is 13.1 Å². The van der Waals surface area contributed by atoms with Crippen LogP contribution in [0.1, 0.15) is 32.3 Å². The number of nitrogens with zero attached hydrogens (tertiary/aromatic N) is 1. The Hall–Kier alpha value is -0.280. The van der Waals surface area contributed by atoms with Gasteiger partial charge in [0.25, 0.3) is 0 Å². The number of fused-ring (bicyclic) bond motifs is 1. The van der Waals surface area contributed by atoms with Gasteiger partial charge in [-0.15, -0.1) is 0 Å². The molecule has 1 aromatic rings. The smallest absolute Gasteiger partial charge is 0.0595 e. The fourth-order valence-corrected chi connectivity index (χ4v) is 5.71. The molecular formula is C19H26Cl2N2. The summed E-state index contributed by atoms with van der Waals surface area (Å²) < 4.78 is 0. The predicted molar refractivity (Wildman–Crippen MR) is 97.0 cm³/mol. The van der Waals surface area contributed by atoms with Crippen molar-refractivity contribution >= 4 is 23.2 Å². The van der Waals surface area contributed by atoms with Gasteiger partial charge in [0.2, 0.25) is 0 Å². The second-order valence-corrected chi connectivity index (χ2v) is 8.95. The number of benzene rings is 1. The summed E-state index contributed by atoms with van der Waals surface area (Å²) in [6, 6.07) is 7.58. The molecule has 4 heteroatoms. The number of nitrogens with one attached hydrogen (secondary N) is 1. The van der Waals surface area contributed by atoms with E-state index in [1.807, 2.05) is 12.1 Å². The molecule has 1 aliphatic carbocycles. The van der Waals surface area contributed by atoms with Gasteiger partial charge in [-0.1, -0.05) is 43.1 Å². The normalized spacial score (nSPS) is 36.1. The first-order chi connectivity index (χ1) is 11.0. The van der Waals surface area contributed by atoms with Gasteiger partial charge in [-0.3, -0.25) is 4.90 Å². The average molecular weight is 353 g/mol. The molecule has 1 aromatic carbocycles. The summed E-state index contributed by atoms with van der Waals surface area (Å²) in [6.45, 7) is 8.20. The van der Waals surface area contributed by atoms with Crippen molar-refractivity contribution in [2.45, 2.75) is 45.3 Å². The third kappa shape index (κ3) is 2.93.